The van der Waals surface area contributed by atoms with Crippen molar-refractivity contribution in [3.63, 3.8) is 0 Å². The number of hydrogen-bond donors (Lipinski definition) is 2. The molecule has 2 unspecified atom stereocenters. The maximum absolute atomic E-state index is 13.4. The van der Waals surface area contributed by atoms with Crippen molar-refractivity contribution in [3.8, 4) is 5.75 Å². The third-order valence-electron chi connectivity index (χ3n) is 8.16. The third-order valence-corrected chi connectivity index (χ3v) is 8.16. The molecule has 0 bridgehead atoms. The van der Waals surface area contributed by atoms with Crippen LogP contribution in [0.5, 0.6) is 5.75 Å². The smallest absolute Gasteiger partial charge is 0.417 e. The van der Waals surface area contributed by atoms with E-state index in [2.05, 4.69) is 32.1 Å². The first-order valence-electron chi connectivity index (χ1n) is 13.9. The monoisotopic (exact) mass is 556 g/mol. The van der Waals surface area contributed by atoms with Crippen LogP contribution in [-0.4, -0.2) is 63.9 Å². The van der Waals surface area contributed by atoms with Crippen molar-refractivity contribution in [1.29, 1.82) is 0 Å². The zero-order chi connectivity index (χ0) is 28.7. The molecule has 2 N–H and O–H groups in total. The number of ether oxygens (including phenoxy) is 1. The molecule has 1 fully saturated rings. The van der Waals surface area contributed by atoms with Gasteiger partial charge < -0.3 is 24.3 Å². The highest BCUT2D eigenvalue weighted by molar-refractivity contribution is 6.09. The summed E-state index contributed by atoms with van der Waals surface area (Å²) in [5.41, 5.74) is 4.33. The van der Waals surface area contributed by atoms with Gasteiger partial charge in [0.25, 0.3) is 0 Å². The van der Waals surface area contributed by atoms with Gasteiger partial charge in [-0.1, -0.05) is 6.92 Å². The SMILES string of the molecule is CCc1cc(C(=O)c2cc(N3CCC(N4CCc5cc(OC)ccc5NC4=O)CC3C)ncn2)cc2oc(=O)[nH]c12. The number of aromatic nitrogens is 3. The minimum Gasteiger partial charge on any atom is -0.497 e. The van der Waals surface area contributed by atoms with E-state index in [1.54, 1.807) is 25.3 Å². The Morgan fingerprint density at radius 3 is 2.76 bits per heavy atom. The van der Waals surface area contributed by atoms with E-state index in [1.165, 1.54) is 6.33 Å². The number of benzene rings is 2. The normalized spacial score (nSPS) is 19.0. The Balaban J connectivity index is 1.17. The average Bonchev–Trinajstić information content (AvgIpc) is 3.28. The van der Waals surface area contributed by atoms with E-state index in [0.717, 1.165) is 41.8 Å². The summed E-state index contributed by atoms with van der Waals surface area (Å²) in [6.07, 6.45) is 4.32. The Kier molecular flexibility index (Phi) is 6.94. The number of hydrogen-bond acceptors (Lipinski definition) is 8. The van der Waals surface area contributed by atoms with Crippen LogP contribution >= 0.6 is 0 Å². The number of oxazole rings is 1. The van der Waals surface area contributed by atoms with E-state index >= 15 is 0 Å². The Labute approximate surface area is 236 Å². The summed E-state index contributed by atoms with van der Waals surface area (Å²) in [7, 11) is 1.64. The quantitative estimate of drug-likeness (QED) is 0.338. The molecule has 0 spiro atoms. The van der Waals surface area contributed by atoms with E-state index in [4.69, 9.17) is 9.15 Å². The number of nitrogens with zero attached hydrogens (tertiary/aromatic N) is 4. The van der Waals surface area contributed by atoms with Crippen LogP contribution in [0.25, 0.3) is 11.1 Å². The van der Waals surface area contributed by atoms with Crippen LogP contribution in [0, 0.1) is 0 Å². The molecule has 11 heteroatoms. The maximum atomic E-state index is 13.4. The number of methoxy groups -OCH3 is 1. The molecule has 0 saturated carbocycles. The predicted molar refractivity (Wildman–Crippen MR) is 154 cm³/mol. The zero-order valence-electron chi connectivity index (χ0n) is 23.3. The van der Waals surface area contributed by atoms with Crippen molar-refractivity contribution >= 4 is 34.4 Å². The first-order chi connectivity index (χ1) is 19.8. The van der Waals surface area contributed by atoms with Gasteiger partial charge in [0.2, 0.25) is 5.78 Å². The molecule has 2 aromatic carbocycles. The number of H-pyrrole nitrogens is 1. The fourth-order valence-corrected chi connectivity index (χ4v) is 5.98. The third kappa shape index (κ3) is 5.03. The van der Waals surface area contributed by atoms with Gasteiger partial charge >= 0.3 is 11.8 Å². The molecular weight excluding hydrogens is 524 g/mol. The highest BCUT2D eigenvalue weighted by atomic mass is 16.5. The summed E-state index contributed by atoms with van der Waals surface area (Å²) in [5, 5.41) is 3.07. The summed E-state index contributed by atoms with van der Waals surface area (Å²) >= 11 is 0. The number of carbonyl (C=O) groups is 2. The van der Waals surface area contributed by atoms with Gasteiger partial charge in [-0.05, 0) is 74.1 Å². The number of carbonyl (C=O) groups excluding carboxylic acids is 2. The van der Waals surface area contributed by atoms with Gasteiger partial charge in [0.05, 0.1) is 12.6 Å². The molecular formula is C30H32N6O5. The van der Waals surface area contributed by atoms with E-state index in [-0.39, 0.29) is 29.6 Å². The van der Waals surface area contributed by atoms with E-state index in [0.29, 0.717) is 42.0 Å². The molecule has 2 aliphatic heterocycles. The van der Waals surface area contributed by atoms with E-state index in [9.17, 15) is 14.4 Å². The minimum atomic E-state index is -0.552. The lowest BCUT2D eigenvalue weighted by Crippen LogP contribution is -2.52. The number of amides is 2. The lowest BCUT2D eigenvalue weighted by molar-refractivity contribution is 0.103. The van der Waals surface area contributed by atoms with E-state index in [1.807, 2.05) is 30.0 Å². The minimum absolute atomic E-state index is 0.0793. The topological polar surface area (TPSA) is 134 Å². The fourth-order valence-electron chi connectivity index (χ4n) is 5.98. The van der Waals surface area contributed by atoms with Gasteiger partial charge in [-0.15, -0.1) is 0 Å². The fraction of sp³-hybridized carbons (Fsp3) is 0.367. The Morgan fingerprint density at radius 1 is 1.12 bits per heavy atom. The van der Waals surface area contributed by atoms with Crippen molar-refractivity contribution in [3.05, 3.63) is 75.7 Å². The Morgan fingerprint density at radius 2 is 1.98 bits per heavy atom. The highest BCUT2D eigenvalue weighted by Gasteiger charge is 2.34. The second-order valence-electron chi connectivity index (χ2n) is 10.6. The standard InChI is InChI=1S/C30H32N6O5/c1-4-18-12-20(14-25-27(18)34-30(39)41-25)28(37)24-15-26(32-16-31-24)35-10-8-21(11-17(35)2)36-9-7-19-13-22(40-3)5-6-23(19)33-29(36)38/h5-6,12-17,21H,4,7-11H2,1-3H3,(H,33,38)(H,34,39). The molecule has 41 heavy (non-hydrogen) atoms. The first-order valence-corrected chi connectivity index (χ1v) is 13.9. The summed E-state index contributed by atoms with van der Waals surface area (Å²) in [6.45, 7) is 5.37. The van der Waals surface area contributed by atoms with Gasteiger partial charge in [-0.2, -0.15) is 0 Å². The average molecular weight is 557 g/mol. The molecule has 1 saturated heterocycles. The molecule has 212 valence electrons. The molecule has 0 aliphatic carbocycles. The van der Waals surface area contributed by atoms with Crippen LogP contribution < -0.4 is 20.7 Å². The molecule has 2 aromatic heterocycles. The number of fused-ring (bicyclic) bond motifs is 2. The molecule has 4 aromatic rings. The number of urea groups is 1. The van der Waals surface area contributed by atoms with Gasteiger partial charge in [0.15, 0.2) is 5.58 Å². The maximum Gasteiger partial charge on any atom is 0.417 e. The number of piperidine rings is 1. The summed E-state index contributed by atoms with van der Waals surface area (Å²) in [4.78, 5) is 53.9. The molecule has 2 amide bonds. The largest absolute Gasteiger partial charge is 0.497 e. The van der Waals surface area contributed by atoms with Crippen LogP contribution in [0.3, 0.4) is 0 Å². The van der Waals surface area contributed by atoms with Crippen molar-refractivity contribution in [2.24, 2.45) is 0 Å². The number of anilines is 2. The van der Waals surface area contributed by atoms with Gasteiger partial charge in [0.1, 0.15) is 23.6 Å². The number of nitrogens with one attached hydrogen (secondary N) is 2. The van der Waals surface area contributed by atoms with Crippen molar-refractivity contribution in [2.75, 3.05) is 30.4 Å². The van der Waals surface area contributed by atoms with Crippen molar-refractivity contribution in [1.82, 2.24) is 19.9 Å². The summed E-state index contributed by atoms with van der Waals surface area (Å²) < 4.78 is 10.6. The highest BCUT2D eigenvalue weighted by Crippen LogP contribution is 2.31. The van der Waals surface area contributed by atoms with Gasteiger partial charge in [-0.25, -0.2) is 19.6 Å². The Hall–Kier alpha value is -4.67. The summed E-state index contributed by atoms with van der Waals surface area (Å²) in [5.74, 6) is 0.620. The predicted octanol–water partition coefficient (Wildman–Crippen LogP) is 4.16. The summed E-state index contributed by atoms with van der Waals surface area (Å²) in [6, 6.07) is 10.9. The zero-order valence-corrected chi connectivity index (χ0v) is 23.3. The van der Waals surface area contributed by atoms with Crippen molar-refractivity contribution < 1.29 is 18.7 Å². The number of rotatable bonds is 6. The van der Waals surface area contributed by atoms with Crippen LogP contribution in [0.4, 0.5) is 16.3 Å². The molecule has 11 nitrogen and oxygen atoms in total. The van der Waals surface area contributed by atoms with Crippen LogP contribution in [0.2, 0.25) is 0 Å². The van der Waals surface area contributed by atoms with Crippen LogP contribution in [-0.2, 0) is 12.8 Å². The van der Waals surface area contributed by atoms with Crippen molar-refractivity contribution in [2.45, 2.75) is 51.6 Å². The lowest BCUT2D eigenvalue weighted by atomic mass is 9.96. The molecule has 0 radical (unpaired) electrons. The van der Waals surface area contributed by atoms with Gasteiger partial charge in [-0.3, -0.25) is 9.78 Å². The lowest BCUT2D eigenvalue weighted by Gasteiger charge is -2.42. The number of aryl methyl sites for hydroxylation is 1. The van der Waals surface area contributed by atoms with Gasteiger partial charge in [0, 0.05) is 42.5 Å². The second kappa shape index (κ2) is 10.7. The second-order valence-corrected chi connectivity index (χ2v) is 10.6. The van der Waals surface area contributed by atoms with Crippen LogP contribution in [0.1, 0.15) is 53.9 Å². The molecule has 6 rings (SSSR count). The first kappa shape index (κ1) is 26.5. The Bertz CT molecular complexity index is 1690. The van der Waals surface area contributed by atoms with E-state index < -0.39 is 5.76 Å². The molecule has 2 atom stereocenters. The number of ketones is 1. The van der Waals surface area contributed by atoms with Crippen LogP contribution in [0.15, 0.2) is 51.9 Å². The molecule has 4 heterocycles. The molecule has 2 aliphatic rings. The number of aromatic amines is 1.